The Bertz CT molecular complexity index is 1210. The first-order valence-electron chi connectivity index (χ1n) is 11.1. The number of hydrogen-bond acceptors (Lipinski definition) is 4. The molecule has 33 heavy (non-hydrogen) atoms. The zero-order valence-corrected chi connectivity index (χ0v) is 20.5. The zero-order chi connectivity index (χ0) is 23.9. The van der Waals surface area contributed by atoms with E-state index in [1.54, 1.807) is 24.3 Å². The molecule has 1 atom stereocenters. The molecule has 1 aliphatic heterocycles. The zero-order valence-electron chi connectivity index (χ0n) is 19.0. The topological polar surface area (TPSA) is 86.8 Å². The number of amides is 2. The fraction of sp³-hybridized carbons (Fsp3) is 0.417. The minimum Gasteiger partial charge on any atom is -0.324 e. The van der Waals surface area contributed by atoms with Crippen LogP contribution in [0.3, 0.4) is 0 Å². The van der Waals surface area contributed by atoms with Crippen LogP contribution >= 0.6 is 11.6 Å². The summed E-state index contributed by atoms with van der Waals surface area (Å²) in [6, 6.07) is 10.1. The number of rotatable bonds is 6. The number of anilines is 2. The summed E-state index contributed by atoms with van der Waals surface area (Å²) in [5, 5.41) is 3.05. The lowest BCUT2D eigenvalue weighted by Gasteiger charge is -2.32. The van der Waals surface area contributed by atoms with Crippen molar-refractivity contribution in [1.29, 1.82) is 0 Å². The van der Waals surface area contributed by atoms with Gasteiger partial charge >= 0.3 is 0 Å². The number of nitrogens with one attached hydrogen (secondary N) is 1. The minimum atomic E-state index is -3.89. The summed E-state index contributed by atoms with van der Waals surface area (Å²) in [5.41, 5.74) is 3.01. The molecule has 2 aliphatic rings. The largest absolute Gasteiger partial charge is 0.324 e. The van der Waals surface area contributed by atoms with Gasteiger partial charge in [-0.05, 0) is 74.6 Å². The maximum absolute atomic E-state index is 13.1. The lowest BCUT2D eigenvalue weighted by Crippen LogP contribution is -2.42. The number of sulfonamides is 1. The van der Waals surface area contributed by atoms with Gasteiger partial charge in [-0.1, -0.05) is 24.1 Å². The predicted molar refractivity (Wildman–Crippen MR) is 129 cm³/mol. The van der Waals surface area contributed by atoms with Crippen molar-refractivity contribution in [3.63, 3.8) is 0 Å². The van der Waals surface area contributed by atoms with Crippen LogP contribution in [0.15, 0.2) is 41.3 Å². The van der Waals surface area contributed by atoms with E-state index in [1.807, 2.05) is 24.8 Å². The summed E-state index contributed by atoms with van der Waals surface area (Å²) in [6.07, 6.45) is 3.53. The Kier molecular flexibility index (Phi) is 6.53. The van der Waals surface area contributed by atoms with Crippen LogP contribution in [0, 0.1) is 12.8 Å². The van der Waals surface area contributed by atoms with Gasteiger partial charge in [0.1, 0.15) is 0 Å². The SMILES string of the molecule is Cc1ccc(NC(=O)CN(C)S(=O)(=O)c2ccc3c(c2)CC(C)N3C(=O)C2CCC2)c(Cl)c1. The summed E-state index contributed by atoms with van der Waals surface area (Å²) in [6.45, 7) is 3.52. The summed E-state index contributed by atoms with van der Waals surface area (Å²) < 4.78 is 27.3. The van der Waals surface area contributed by atoms with Crippen molar-refractivity contribution in [2.24, 2.45) is 5.92 Å². The van der Waals surface area contributed by atoms with Crippen LogP contribution in [-0.4, -0.2) is 44.2 Å². The van der Waals surface area contributed by atoms with Crippen molar-refractivity contribution >= 4 is 44.8 Å². The maximum atomic E-state index is 13.1. The lowest BCUT2D eigenvalue weighted by molar-refractivity contribution is -0.125. The quantitative estimate of drug-likeness (QED) is 0.664. The Hall–Kier alpha value is -2.42. The summed E-state index contributed by atoms with van der Waals surface area (Å²) in [5.74, 6) is -0.279. The molecule has 1 saturated carbocycles. The van der Waals surface area contributed by atoms with Gasteiger partial charge in [0.25, 0.3) is 0 Å². The van der Waals surface area contributed by atoms with Crippen molar-refractivity contribution in [3.8, 4) is 0 Å². The molecule has 1 N–H and O–H groups in total. The Balaban J connectivity index is 1.48. The Morgan fingerprint density at radius 3 is 2.55 bits per heavy atom. The van der Waals surface area contributed by atoms with E-state index < -0.39 is 15.9 Å². The van der Waals surface area contributed by atoms with Gasteiger partial charge in [-0.25, -0.2) is 8.42 Å². The second kappa shape index (κ2) is 9.08. The molecule has 0 radical (unpaired) electrons. The molecule has 176 valence electrons. The minimum absolute atomic E-state index is 0.00572. The first kappa shape index (κ1) is 23.7. The first-order chi connectivity index (χ1) is 15.6. The highest BCUT2D eigenvalue weighted by Crippen LogP contribution is 2.38. The predicted octanol–water partition coefficient (Wildman–Crippen LogP) is 3.99. The average molecular weight is 490 g/mol. The third kappa shape index (κ3) is 4.65. The fourth-order valence-corrected chi connectivity index (χ4v) is 5.79. The molecule has 1 fully saturated rings. The van der Waals surface area contributed by atoms with Gasteiger partial charge in [0.2, 0.25) is 21.8 Å². The van der Waals surface area contributed by atoms with E-state index in [0.29, 0.717) is 17.1 Å². The van der Waals surface area contributed by atoms with Crippen LogP contribution in [0.1, 0.15) is 37.3 Å². The standard InChI is InChI=1S/C24H28ClN3O4S/c1-15-7-9-21(20(25)11-15)26-23(29)14-27(3)33(31,32)19-8-10-22-18(13-19)12-16(2)28(22)24(30)17-5-4-6-17/h7-11,13,16-17H,4-6,12,14H2,1-3H3,(H,26,29). The van der Waals surface area contributed by atoms with Crippen molar-refractivity contribution in [1.82, 2.24) is 4.31 Å². The monoisotopic (exact) mass is 489 g/mol. The van der Waals surface area contributed by atoms with E-state index in [1.165, 1.54) is 13.1 Å². The molecule has 0 bridgehead atoms. The Morgan fingerprint density at radius 2 is 1.91 bits per heavy atom. The number of halogens is 1. The summed E-state index contributed by atoms with van der Waals surface area (Å²) in [4.78, 5) is 27.2. The molecule has 1 unspecified atom stereocenters. The average Bonchev–Trinajstić information content (AvgIpc) is 3.03. The Labute approximate surface area is 199 Å². The number of aryl methyl sites for hydroxylation is 1. The molecule has 4 rings (SSSR count). The number of fused-ring (bicyclic) bond motifs is 1. The molecule has 1 heterocycles. The Morgan fingerprint density at radius 1 is 1.18 bits per heavy atom. The van der Waals surface area contributed by atoms with Crippen LogP contribution in [0.4, 0.5) is 11.4 Å². The molecular formula is C24H28ClN3O4S. The second-order valence-electron chi connectivity index (χ2n) is 8.97. The van der Waals surface area contributed by atoms with Crippen LogP contribution in [-0.2, 0) is 26.0 Å². The van der Waals surface area contributed by atoms with E-state index in [2.05, 4.69) is 5.32 Å². The third-order valence-corrected chi connectivity index (χ3v) is 8.54. The number of hydrogen-bond donors (Lipinski definition) is 1. The number of benzene rings is 2. The smallest absolute Gasteiger partial charge is 0.243 e. The van der Waals surface area contributed by atoms with Gasteiger partial charge < -0.3 is 10.2 Å². The van der Waals surface area contributed by atoms with E-state index in [0.717, 1.165) is 40.4 Å². The first-order valence-corrected chi connectivity index (χ1v) is 12.9. The van der Waals surface area contributed by atoms with Gasteiger partial charge in [-0.2, -0.15) is 4.31 Å². The number of likely N-dealkylation sites (N-methyl/N-ethyl adjacent to an activating group) is 1. The molecule has 2 aromatic carbocycles. The number of carbonyl (C=O) groups is 2. The van der Waals surface area contributed by atoms with Gasteiger partial charge in [0.15, 0.2) is 0 Å². The van der Waals surface area contributed by atoms with Crippen LogP contribution < -0.4 is 10.2 Å². The van der Waals surface area contributed by atoms with Crippen molar-refractivity contribution in [2.75, 3.05) is 23.8 Å². The molecule has 1 aliphatic carbocycles. The molecule has 2 aromatic rings. The second-order valence-corrected chi connectivity index (χ2v) is 11.4. The highest BCUT2D eigenvalue weighted by atomic mass is 35.5. The van der Waals surface area contributed by atoms with Crippen LogP contribution in [0.5, 0.6) is 0 Å². The van der Waals surface area contributed by atoms with E-state index in [9.17, 15) is 18.0 Å². The highest BCUT2D eigenvalue weighted by molar-refractivity contribution is 7.89. The normalized spacial score (nSPS) is 18.2. The molecule has 2 amide bonds. The van der Waals surface area contributed by atoms with E-state index in [4.69, 9.17) is 11.6 Å². The summed E-state index contributed by atoms with van der Waals surface area (Å²) >= 11 is 6.15. The van der Waals surface area contributed by atoms with Crippen molar-refractivity contribution in [3.05, 3.63) is 52.5 Å². The molecule has 0 saturated heterocycles. The molecule has 7 nitrogen and oxygen atoms in total. The molecule has 0 spiro atoms. The maximum Gasteiger partial charge on any atom is 0.243 e. The molecule has 0 aromatic heterocycles. The van der Waals surface area contributed by atoms with E-state index in [-0.39, 0.29) is 29.3 Å². The highest BCUT2D eigenvalue weighted by Gasteiger charge is 2.37. The third-order valence-electron chi connectivity index (χ3n) is 6.43. The van der Waals surface area contributed by atoms with Crippen molar-refractivity contribution < 1.29 is 18.0 Å². The number of carbonyl (C=O) groups excluding carboxylic acids is 2. The van der Waals surface area contributed by atoms with Crippen LogP contribution in [0.25, 0.3) is 0 Å². The van der Waals surface area contributed by atoms with Crippen LogP contribution in [0.2, 0.25) is 5.02 Å². The fourth-order valence-electron chi connectivity index (χ4n) is 4.33. The summed E-state index contributed by atoms with van der Waals surface area (Å²) in [7, 11) is -2.52. The van der Waals surface area contributed by atoms with Gasteiger partial charge in [0.05, 0.1) is 22.2 Å². The van der Waals surface area contributed by atoms with Crippen molar-refractivity contribution in [2.45, 2.75) is 50.5 Å². The van der Waals surface area contributed by atoms with Gasteiger partial charge in [-0.3, -0.25) is 9.59 Å². The lowest BCUT2D eigenvalue weighted by atomic mass is 9.84. The van der Waals surface area contributed by atoms with Gasteiger partial charge in [-0.15, -0.1) is 0 Å². The van der Waals surface area contributed by atoms with E-state index >= 15 is 0 Å². The van der Waals surface area contributed by atoms with Gasteiger partial charge in [0, 0.05) is 24.7 Å². The number of nitrogens with zero attached hydrogens (tertiary/aromatic N) is 2. The molecular weight excluding hydrogens is 462 g/mol. The molecule has 9 heteroatoms.